The zero-order valence-electron chi connectivity index (χ0n) is 18.1. The Morgan fingerprint density at radius 1 is 0.929 bits per heavy atom. The van der Waals surface area contributed by atoms with Crippen LogP contribution in [0, 0.1) is 11.8 Å². The Kier molecular flexibility index (Phi) is 12.1. The Hall–Kier alpha value is -0.990. The van der Waals surface area contributed by atoms with Crippen LogP contribution in [0.15, 0.2) is 0 Å². The number of esters is 2. The standard InChI is InChI=1S/C18H36NO8P/c1-14(2)10-17(20)24-12-16(27-18(21)11-15(3)4)13-26-28(22,23)25-9-8-19(5,6)7/h14-16H,8-13H2,1-7H3/t16-/m1/s1. The molecule has 0 spiro atoms. The Labute approximate surface area is 168 Å². The lowest BCUT2D eigenvalue weighted by Crippen LogP contribution is -2.37. The van der Waals surface area contributed by atoms with Crippen molar-refractivity contribution in [2.75, 3.05) is 47.5 Å². The molecule has 0 radical (unpaired) electrons. The third-order valence-corrected chi connectivity index (χ3v) is 4.27. The first kappa shape index (κ1) is 27.0. The molecule has 28 heavy (non-hydrogen) atoms. The molecule has 0 heterocycles. The lowest BCUT2D eigenvalue weighted by atomic mass is 10.1. The smallest absolute Gasteiger partial charge is 0.306 e. The Bertz CT molecular complexity index is 530. The third kappa shape index (κ3) is 16.0. The average Bonchev–Trinajstić information content (AvgIpc) is 2.47. The van der Waals surface area contributed by atoms with Crippen molar-refractivity contribution in [2.24, 2.45) is 11.8 Å². The second kappa shape index (κ2) is 12.5. The van der Waals surface area contributed by atoms with Crippen LogP contribution in [0.25, 0.3) is 0 Å². The molecule has 0 aromatic rings. The number of phosphoric acid groups is 1. The fourth-order valence-corrected chi connectivity index (χ4v) is 2.63. The molecule has 0 saturated carbocycles. The van der Waals surface area contributed by atoms with Gasteiger partial charge in [-0.25, -0.2) is 0 Å². The highest BCUT2D eigenvalue weighted by Gasteiger charge is 2.22. The number of quaternary nitrogens is 1. The van der Waals surface area contributed by atoms with Crippen molar-refractivity contribution >= 4 is 19.8 Å². The van der Waals surface area contributed by atoms with Gasteiger partial charge in [0.25, 0.3) is 7.82 Å². The maximum atomic E-state index is 11.9. The summed E-state index contributed by atoms with van der Waals surface area (Å²) in [4.78, 5) is 35.5. The van der Waals surface area contributed by atoms with E-state index < -0.39 is 32.5 Å². The SMILES string of the molecule is CC(C)CC(=O)OC[C@H](COP(=O)([O-])OCC[N+](C)(C)C)OC(=O)CC(C)C. The van der Waals surface area contributed by atoms with Crippen LogP contribution in [-0.2, 0) is 32.7 Å². The van der Waals surface area contributed by atoms with Gasteiger partial charge in [0.05, 0.1) is 27.7 Å². The maximum absolute atomic E-state index is 11.9. The number of rotatable bonds is 14. The van der Waals surface area contributed by atoms with Crippen LogP contribution in [-0.4, -0.2) is 70.0 Å². The first-order valence-electron chi connectivity index (χ1n) is 9.46. The highest BCUT2D eigenvalue weighted by Crippen LogP contribution is 2.38. The summed E-state index contributed by atoms with van der Waals surface area (Å²) in [6.07, 6.45) is -0.667. The lowest BCUT2D eigenvalue weighted by Gasteiger charge is -2.28. The first-order chi connectivity index (χ1) is 12.7. The molecule has 0 amide bonds. The second-order valence-electron chi connectivity index (χ2n) is 8.58. The van der Waals surface area contributed by atoms with Crippen molar-refractivity contribution in [1.29, 1.82) is 0 Å². The number of nitrogens with zero attached hydrogens (tertiary/aromatic N) is 1. The van der Waals surface area contributed by atoms with E-state index in [1.54, 1.807) is 0 Å². The number of hydrogen-bond donors (Lipinski definition) is 0. The fourth-order valence-electron chi connectivity index (χ4n) is 1.90. The summed E-state index contributed by atoms with van der Waals surface area (Å²) in [5.74, 6) is -0.788. The van der Waals surface area contributed by atoms with Crippen LogP contribution in [0.1, 0.15) is 40.5 Å². The normalized spacial score (nSPS) is 15.4. The zero-order chi connectivity index (χ0) is 22.0. The van der Waals surface area contributed by atoms with Crippen LogP contribution in [0.3, 0.4) is 0 Å². The molecule has 166 valence electrons. The Morgan fingerprint density at radius 3 is 1.96 bits per heavy atom. The largest absolute Gasteiger partial charge is 0.756 e. The van der Waals surface area contributed by atoms with Gasteiger partial charge in [-0.2, -0.15) is 0 Å². The van der Waals surface area contributed by atoms with Gasteiger partial charge in [0.15, 0.2) is 6.10 Å². The highest BCUT2D eigenvalue weighted by atomic mass is 31.2. The van der Waals surface area contributed by atoms with Gasteiger partial charge in [0.2, 0.25) is 0 Å². The predicted octanol–water partition coefficient (Wildman–Crippen LogP) is 1.74. The molecule has 0 aromatic carbocycles. The highest BCUT2D eigenvalue weighted by molar-refractivity contribution is 7.45. The minimum atomic E-state index is -4.57. The third-order valence-electron chi connectivity index (χ3n) is 3.31. The predicted molar refractivity (Wildman–Crippen MR) is 102 cm³/mol. The van der Waals surface area contributed by atoms with E-state index >= 15 is 0 Å². The Morgan fingerprint density at radius 2 is 1.46 bits per heavy atom. The molecule has 0 saturated heterocycles. The van der Waals surface area contributed by atoms with E-state index in [-0.39, 0.29) is 37.9 Å². The quantitative estimate of drug-likeness (QED) is 0.235. The summed E-state index contributed by atoms with van der Waals surface area (Å²) in [6, 6.07) is 0. The van der Waals surface area contributed by atoms with Gasteiger partial charge in [-0.05, 0) is 11.8 Å². The average molecular weight is 425 g/mol. The lowest BCUT2D eigenvalue weighted by molar-refractivity contribution is -0.870. The molecule has 0 aliphatic rings. The number of ether oxygens (including phenoxy) is 2. The topological polar surface area (TPSA) is 111 Å². The van der Waals surface area contributed by atoms with Crippen LogP contribution in [0.2, 0.25) is 0 Å². The van der Waals surface area contributed by atoms with E-state index in [9.17, 15) is 19.0 Å². The van der Waals surface area contributed by atoms with E-state index in [0.29, 0.717) is 11.0 Å². The molecular formula is C18H36NO8P. The van der Waals surface area contributed by atoms with Crippen molar-refractivity contribution in [2.45, 2.75) is 46.6 Å². The molecule has 0 fully saturated rings. The minimum absolute atomic E-state index is 0.0363. The molecule has 0 N–H and O–H groups in total. The van der Waals surface area contributed by atoms with Gasteiger partial charge >= 0.3 is 11.9 Å². The second-order valence-corrected chi connectivity index (χ2v) is 9.99. The van der Waals surface area contributed by atoms with Gasteiger partial charge in [0, 0.05) is 12.8 Å². The van der Waals surface area contributed by atoms with Crippen LogP contribution in [0.5, 0.6) is 0 Å². The van der Waals surface area contributed by atoms with Crippen molar-refractivity contribution in [3.05, 3.63) is 0 Å². The summed E-state index contributed by atoms with van der Waals surface area (Å²) in [7, 11) is 1.13. The van der Waals surface area contributed by atoms with E-state index in [4.69, 9.17) is 18.5 Å². The molecule has 1 unspecified atom stereocenters. The fraction of sp³-hybridized carbons (Fsp3) is 0.889. The molecule has 2 atom stereocenters. The van der Waals surface area contributed by atoms with Gasteiger partial charge in [-0.15, -0.1) is 0 Å². The number of likely N-dealkylation sites (N-methyl/N-ethyl adjacent to an activating group) is 1. The van der Waals surface area contributed by atoms with E-state index in [1.807, 2.05) is 48.8 Å². The summed E-state index contributed by atoms with van der Waals surface area (Å²) < 4.78 is 32.4. The molecular weight excluding hydrogens is 389 g/mol. The van der Waals surface area contributed by atoms with Crippen molar-refractivity contribution in [1.82, 2.24) is 0 Å². The van der Waals surface area contributed by atoms with E-state index in [2.05, 4.69) is 0 Å². The van der Waals surface area contributed by atoms with Crippen LogP contribution >= 0.6 is 7.82 Å². The van der Waals surface area contributed by atoms with E-state index in [1.165, 1.54) is 0 Å². The van der Waals surface area contributed by atoms with Crippen LogP contribution in [0.4, 0.5) is 0 Å². The van der Waals surface area contributed by atoms with Gasteiger partial charge in [0.1, 0.15) is 19.8 Å². The summed E-state index contributed by atoms with van der Waals surface area (Å²) in [5, 5.41) is 0. The zero-order valence-corrected chi connectivity index (χ0v) is 19.0. The molecule has 0 bridgehead atoms. The monoisotopic (exact) mass is 425 g/mol. The van der Waals surface area contributed by atoms with E-state index in [0.717, 1.165) is 0 Å². The first-order valence-corrected chi connectivity index (χ1v) is 10.9. The van der Waals surface area contributed by atoms with Gasteiger partial charge in [-0.3, -0.25) is 14.2 Å². The molecule has 9 nitrogen and oxygen atoms in total. The number of hydrogen-bond acceptors (Lipinski definition) is 8. The number of carbonyl (C=O) groups excluding carboxylic acids is 2. The van der Waals surface area contributed by atoms with Crippen LogP contribution < -0.4 is 4.89 Å². The number of phosphoric ester groups is 1. The minimum Gasteiger partial charge on any atom is -0.756 e. The molecule has 0 aliphatic carbocycles. The van der Waals surface area contributed by atoms with Gasteiger partial charge < -0.3 is 27.9 Å². The molecule has 0 aromatic heterocycles. The van der Waals surface area contributed by atoms with Crippen molar-refractivity contribution in [3.8, 4) is 0 Å². The Balaban J connectivity index is 4.69. The molecule has 0 aliphatic heterocycles. The summed E-state index contributed by atoms with van der Waals surface area (Å²) >= 11 is 0. The van der Waals surface area contributed by atoms with Crippen molar-refractivity contribution in [3.63, 3.8) is 0 Å². The summed E-state index contributed by atoms with van der Waals surface area (Å²) in [6.45, 7) is 7.10. The van der Waals surface area contributed by atoms with Gasteiger partial charge in [-0.1, -0.05) is 27.7 Å². The summed E-state index contributed by atoms with van der Waals surface area (Å²) in [5.41, 5.74) is 0. The maximum Gasteiger partial charge on any atom is 0.306 e. The van der Waals surface area contributed by atoms with Crippen molar-refractivity contribution < 1.29 is 42.1 Å². The molecule has 10 heteroatoms. The molecule has 0 rings (SSSR count). The number of carbonyl (C=O) groups is 2.